The van der Waals surface area contributed by atoms with Gasteiger partial charge in [0, 0.05) is 23.1 Å². The maximum atomic E-state index is 15.1. The predicted molar refractivity (Wildman–Crippen MR) is 154 cm³/mol. The van der Waals surface area contributed by atoms with Crippen molar-refractivity contribution in [1.29, 1.82) is 0 Å². The molecule has 3 aromatic heterocycles. The molecule has 13 heteroatoms. The van der Waals surface area contributed by atoms with Crippen LogP contribution in [0.2, 0.25) is 0 Å². The number of carbonyl (C=O) groups is 1. The van der Waals surface area contributed by atoms with Crippen molar-refractivity contribution in [3.63, 3.8) is 0 Å². The third-order valence-electron chi connectivity index (χ3n) is 6.69. The number of hydrogen-bond donors (Lipinski definition) is 2. The summed E-state index contributed by atoms with van der Waals surface area (Å²) >= 11 is 1.42. The number of amides is 1. The molecule has 1 aliphatic carbocycles. The highest BCUT2D eigenvalue weighted by atomic mass is 32.1. The van der Waals surface area contributed by atoms with Gasteiger partial charge in [-0.1, -0.05) is 0 Å². The van der Waals surface area contributed by atoms with Crippen molar-refractivity contribution in [2.24, 2.45) is 0 Å². The smallest absolute Gasteiger partial charge is 0.412 e. The molecule has 0 radical (unpaired) electrons. The van der Waals surface area contributed by atoms with Crippen molar-refractivity contribution in [3.05, 3.63) is 60.3 Å². The monoisotopic (exact) mass is 591 g/mol. The van der Waals surface area contributed by atoms with Gasteiger partial charge >= 0.3 is 12.1 Å². The Morgan fingerprint density at radius 3 is 2.64 bits per heavy atom. The number of aromatic nitrogens is 4. The summed E-state index contributed by atoms with van der Waals surface area (Å²) in [6.45, 7) is 1.90. The van der Waals surface area contributed by atoms with E-state index >= 15 is 4.39 Å². The number of nitrogens with one attached hydrogen (secondary N) is 1. The minimum Gasteiger partial charge on any atom is -0.495 e. The van der Waals surface area contributed by atoms with Crippen LogP contribution in [0.15, 0.2) is 48.9 Å². The van der Waals surface area contributed by atoms with Crippen LogP contribution in [0, 0.1) is 12.7 Å². The fraction of sp³-hybridized carbons (Fsp3) is 0.276. The summed E-state index contributed by atoms with van der Waals surface area (Å²) in [5.74, 6) is 0.184. The molecule has 2 N–H and O–H groups in total. The maximum Gasteiger partial charge on any atom is 0.412 e. The fourth-order valence-electron chi connectivity index (χ4n) is 4.54. The number of thiazole rings is 1. The lowest BCUT2D eigenvalue weighted by atomic mass is 9.92. The molecule has 216 valence electrons. The zero-order valence-corrected chi connectivity index (χ0v) is 23.5. The molecule has 2 unspecified atom stereocenters. The lowest BCUT2D eigenvalue weighted by Gasteiger charge is -2.35. The largest absolute Gasteiger partial charge is 0.495 e. The average molecular weight is 592 g/mol. The Hall–Kier alpha value is -4.62. The topological polar surface area (TPSA) is 138 Å². The number of aliphatic hydroxyl groups excluding tert-OH is 1. The van der Waals surface area contributed by atoms with Crippen molar-refractivity contribution < 1.29 is 33.2 Å². The van der Waals surface area contributed by atoms with E-state index in [-0.39, 0.29) is 25.0 Å². The first-order valence-electron chi connectivity index (χ1n) is 13.1. The molecule has 3 heterocycles. The van der Waals surface area contributed by atoms with E-state index < -0.39 is 24.1 Å². The normalized spacial score (nSPS) is 16.2. The summed E-state index contributed by atoms with van der Waals surface area (Å²) in [4.78, 5) is 29.6. The molecule has 2 aromatic carbocycles. The first kappa shape index (κ1) is 27.5. The number of aliphatic hydroxyl groups is 1. The average Bonchev–Trinajstić information content (AvgIpc) is 3.39. The number of hydrogen-bond acceptors (Lipinski definition) is 11. The van der Waals surface area contributed by atoms with Crippen molar-refractivity contribution in [1.82, 2.24) is 19.9 Å². The Balaban J connectivity index is 1.15. The lowest BCUT2D eigenvalue weighted by Crippen LogP contribution is -2.45. The highest BCUT2D eigenvalue weighted by Crippen LogP contribution is 2.38. The van der Waals surface area contributed by atoms with Crippen molar-refractivity contribution >= 4 is 44.2 Å². The molecule has 5 aromatic rings. The van der Waals surface area contributed by atoms with Crippen molar-refractivity contribution in [2.45, 2.75) is 32.0 Å². The van der Waals surface area contributed by atoms with Gasteiger partial charge in [0.1, 0.15) is 29.6 Å². The number of halogens is 1. The SMILES string of the molecule is COc1cnc2c(-c3nc4cc(F)c(OC5CCC5OC(=O)Nc5cnc(OCCO)nc5)cc4s3)cc(C)cc2c1. The van der Waals surface area contributed by atoms with E-state index in [4.69, 9.17) is 29.0 Å². The van der Waals surface area contributed by atoms with E-state index in [1.807, 2.05) is 25.1 Å². The van der Waals surface area contributed by atoms with E-state index in [0.29, 0.717) is 34.8 Å². The summed E-state index contributed by atoms with van der Waals surface area (Å²) in [6.07, 6.45) is 3.81. The van der Waals surface area contributed by atoms with Gasteiger partial charge in [-0.2, -0.15) is 0 Å². The van der Waals surface area contributed by atoms with Crippen LogP contribution in [0.1, 0.15) is 18.4 Å². The summed E-state index contributed by atoms with van der Waals surface area (Å²) in [5, 5.41) is 13.0. The van der Waals surface area contributed by atoms with Crippen molar-refractivity contribution in [3.8, 4) is 28.1 Å². The Bertz CT molecular complexity index is 1770. The summed E-state index contributed by atoms with van der Waals surface area (Å²) in [6, 6.07) is 9.03. The number of benzene rings is 2. The van der Waals surface area contributed by atoms with E-state index in [1.165, 1.54) is 29.8 Å². The van der Waals surface area contributed by atoms with E-state index in [0.717, 1.165) is 26.7 Å². The van der Waals surface area contributed by atoms with Crippen LogP contribution in [0.5, 0.6) is 17.5 Å². The Morgan fingerprint density at radius 1 is 1.10 bits per heavy atom. The minimum absolute atomic E-state index is 0.0625. The molecule has 11 nitrogen and oxygen atoms in total. The Kier molecular flexibility index (Phi) is 7.68. The number of rotatable bonds is 9. The number of carbonyl (C=O) groups excluding carboxylic acids is 1. The molecular weight excluding hydrogens is 565 g/mol. The zero-order chi connectivity index (χ0) is 29.2. The molecule has 0 aliphatic heterocycles. The summed E-state index contributed by atoms with van der Waals surface area (Å²) in [7, 11) is 1.60. The Labute approximate surface area is 243 Å². The second-order valence-electron chi connectivity index (χ2n) is 9.66. The number of pyridine rings is 1. The van der Waals surface area contributed by atoms with Crippen LogP contribution in [-0.2, 0) is 4.74 Å². The number of fused-ring (bicyclic) bond motifs is 2. The first-order valence-corrected chi connectivity index (χ1v) is 14.0. The van der Waals surface area contributed by atoms with E-state index in [9.17, 15) is 4.79 Å². The molecule has 42 heavy (non-hydrogen) atoms. The first-order chi connectivity index (χ1) is 20.4. The summed E-state index contributed by atoms with van der Waals surface area (Å²) in [5.41, 5.74) is 3.49. The second-order valence-corrected chi connectivity index (χ2v) is 10.7. The van der Waals surface area contributed by atoms with Crippen LogP contribution in [-0.4, -0.2) is 63.7 Å². The molecule has 0 bridgehead atoms. The van der Waals surface area contributed by atoms with Gasteiger partial charge in [0.25, 0.3) is 0 Å². The van der Waals surface area contributed by atoms with Crippen LogP contribution in [0.4, 0.5) is 14.9 Å². The quantitative estimate of drug-likeness (QED) is 0.233. The third-order valence-corrected chi connectivity index (χ3v) is 7.75. The number of aryl methyl sites for hydroxylation is 1. The Morgan fingerprint density at radius 2 is 1.90 bits per heavy atom. The van der Waals surface area contributed by atoms with Gasteiger partial charge in [-0.05, 0) is 43.5 Å². The van der Waals surface area contributed by atoms with Gasteiger partial charge in [-0.15, -0.1) is 11.3 Å². The third kappa shape index (κ3) is 5.74. The fourth-order valence-corrected chi connectivity index (χ4v) is 5.53. The molecule has 6 rings (SSSR count). The highest BCUT2D eigenvalue weighted by Gasteiger charge is 2.37. The number of nitrogens with zero attached hydrogens (tertiary/aromatic N) is 4. The molecule has 1 amide bonds. The van der Waals surface area contributed by atoms with Gasteiger partial charge < -0.3 is 24.1 Å². The van der Waals surface area contributed by atoms with Gasteiger partial charge in [0.2, 0.25) is 0 Å². The molecule has 0 saturated heterocycles. The van der Waals surface area contributed by atoms with Gasteiger partial charge in [-0.3, -0.25) is 10.3 Å². The highest BCUT2D eigenvalue weighted by molar-refractivity contribution is 7.21. The standard InChI is InChI=1S/C29H26FN5O6S/c1-15-7-16-9-18(38-2)14-31-26(16)19(8-15)27-35-21-10-20(30)24(11-25(21)42-27)40-22-3-4-23(22)41-29(37)34-17-12-32-28(33-13-17)39-6-5-36/h7-14,22-23,36H,3-6H2,1-2H3,(H,34,37). The number of ether oxygens (including phenoxy) is 4. The van der Waals surface area contributed by atoms with Crippen LogP contribution >= 0.6 is 11.3 Å². The van der Waals surface area contributed by atoms with E-state index in [2.05, 4.69) is 20.3 Å². The van der Waals surface area contributed by atoms with Crippen LogP contribution in [0.3, 0.4) is 0 Å². The summed E-state index contributed by atoms with van der Waals surface area (Å²) < 4.78 is 37.7. The number of methoxy groups -OCH3 is 1. The van der Waals surface area contributed by atoms with Gasteiger partial charge in [0.05, 0.1) is 53.7 Å². The van der Waals surface area contributed by atoms with Gasteiger partial charge in [0.15, 0.2) is 11.6 Å². The molecule has 1 aliphatic rings. The molecule has 0 spiro atoms. The predicted octanol–water partition coefficient (Wildman–Crippen LogP) is 5.29. The van der Waals surface area contributed by atoms with Crippen LogP contribution in [0.25, 0.3) is 31.7 Å². The molecule has 1 fully saturated rings. The van der Waals surface area contributed by atoms with Crippen molar-refractivity contribution in [2.75, 3.05) is 25.6 Å². The molecule has 2 atom stereocenters. The number of anilines is 1. The maximum absolute atomic E-state index is 15.1. The molecular formula is C29H26FN5O6S. The zero-order valence-electron chi connectivity index (χ0n) is 22.7. The van der Waals surface area contributed by atoms with Gasteiger partial charge in [-0.25, -0.2) is 24.1 Å². The van der Waals surface area contributed by atoms with Crippen LogP contribution < -0.4 is 19.5 Å². The van der Waals surface area contributed by atoms with E-state index in [1.54, 1.807) is 19.4 Å². The second kappa shape index (κ2) is 11.7. The molecule has 1 saturated carbocycles. The minimum atomic E-state index is -0.708. The lowest BCUT2D eigenvalue weighted by molar-refractivity contribution is -0.0431.